The first-order valence-corrected chi connectivity index (χ1v) is 6.81. The summed E-state index contributed by atoms with van der Waals surface area (Å²) >= 11 is 0. The SMILES string of the molecule is COCCNC1(CN)CCCN(C(C)C)CC1. The van der Waals surface area contributed by atoms with Gasteiger partial charge in [-0.3, -0.25) is 0 Å². The number of likely N-dealkylation sites (tertiary alicyclic amines) is 1. The third kappa shape index (κ3) is 4.54. The summed E-state index contributed by atoms with van der Waals surface area (Å²) in [6.07, 6.45) is 3.55. The maximum absolute atomic E-state index is 5.99. The molecule has 0 radical (unpaired) electrons. The van der Waals surface area contributed by atoms with E-state index in [1.165, 1.54) is 19.4 Å². The van der Waals surface area contributed by atoms with Crippen LogP contribution in [0.4, 0.5) is 0 Å². The normalized spacial score (nSPS) is 27.4. The second-order valence-corrected chi connectivity index (χ2v) is 5.39. The van der Waals surface area contributed by atoms with Gasteiger partial charge in [0, 0.05) is 38.3 Å². The molecule has 1 atom stereocenters. The molecule has 1 fully saturated rings. The monoisotopic (exact) mass is 243 g/mol. The van der Waals surface area contributed by atoms with Crippen molar-refractivity contribution in [2.24, 2.45) is 5.73 Å². The molecule has 4 heteroatoms. The number of rotatable bonds is 6. The van der Waals surface area contributed by atoms with Gasteiger partial charge in [-0.15, -0.1) is 0 Å². The molecule has 4 nitrogen and oxygen atoms in total. The summed E-state index contributed by atoms with van der Waals surface area (Å²) < 4.78 is 5.10. The zero-order valence-corrected chi connectivity index (χ0v) is 11.7. The van der Waals surface area contributed by atoms with Gasteiger partial charge in [0.2, 0.25) is 0 Å². The quantitative estimate of drug-likeness (QED) is 0.678. The Kier molecular flexibility index (Phi) is 6.41. The Morgan fingerprint density at radius 1 is 1.35 bits per heavy atom. The molecule has 0 aromatic carbocycles. The maximum atomic E-state index is 5.99. The van der Waals surface area contributed by atoms with E-state index in [-0.39, 0.29) is 5.54 Å². The molecule has 0 aromatic rings. The molecular weight excluding hydrogens is 214 g/mol. The summed E-state index contributed by atoms with van der Waals surface area (Å²) in [5, 5.41) is 3.61. The number of nitrogens with zero attached hydrogens (tertiary/aromatic N) is 1. The smallest absolute Gasteiger partial charge is 0.0587 e. The van der Waals surface area contributed by atoms with Crippen LogP contribution in [-0.2, 0) is 4.74 Å². The zero-order chi connectivity index (χ0) is 12.7. The maximum Gasteiger partial charge on any atom is 0.0587 e. The van der Waals surface area contributed by atoms with Gasteiger partial charge in [0.05, 0.1) is 6.61 Å². The topological polar surface area (TPSA) is 50.5 Å². The number of ether oxygens (including phenoxy) is 1. The van der Waals surface area contributed by atoms with E-state index in [2.05, 4.69) is 24.1 Å². The molecule has 102 valence electrons. The fraction of sp³-hybridized carbons (Fsp3) is 1.00. The van der Waals surface area contributed by atoms with E-state index < -0.39 is 0 Å². The molecule has 3 N–H and O–H groups in total. The third-order valence-corrected chi connectivity index (χ3v) is 3.91. The van der Waals surface area contributed by atoms with Crippen molar-refractivity contribution >= 4 is 0 Å². The van der Waals surface area contributed by atoms with Crippen molar-refractivity contribution in [1.29, 1.82) is 0 Å². The average molecular weight is 243 g/mol. The highest BCUT2D eigenvalue weighted by molar-refractivity contribution is 4.92. The van der Waals surface area contributed by atoms with E-state index in [1.807, 2.05) is 0 Å². The third-order valence-electron chi connectivity index (χ3n) is 3.91. The van der Waals surface area contributed by atoms with Crippen molar-refractivity contribution in [3.8, 4) is 0 Å². The van der Waals surface area contributed by atoms with E-state index in [0.29, 0.717) is 6.04 Å². The molecule has 0 spiro atoms. The fourth-order valence-corrected chi connectivity index (χ4v) is 2.60. The molecule has 0 aromatic heterocycles. The molecule has 1 aliphatic heterocycles. The summed E-state index contributed by atoms with van der Waals surface area (Å²) in [7, 11) is 1.74. The van der Waals surface area contributed by atoms with E-state index in [0.717, 1.165) is 32.7 Å². The van der Waals surface area contributed by atoms with Crippen molar-refractivity contribution in [1.82, 2.24) is 10.2 Å². The molecule has 1 rings (SSSR count). The highest BCUT2D eigenvalue weighted by atomic mass is 16.5. The van der Waals surface area contributed by atoms with Crippen LogP contribution >= 0.6 is 0 Å². The molecule has 0 bridgehead atoms. The average Bonchev–Trinajstić information content (AvgIpc) is 2.53. The number of nitrogens with two attached hydrogens (primary N) is 1. The molecule has 0 aliphatic carbocycles. The van der Waals surface area contributed by atoms with Crippen molar-refractivity contribution in [2.75, 3.05) is 39.9 Å². The highest BCUT2D eigenvalue weighted by Gasteiger charge is 2.31. The number of methoxy groups -OCH3 is 1. The number of hydrogen-bond acceptors (Lipinski definition) is 4. The molecule has 0 saturated carbocycles. The minimum absolute atomic E-state index is 0.127. The number of nitrogens with one attached hydrogen (secondary N) is 1. The van der Waals surface area contributed by atoms with E-state index in [1.54, 1.807) is 7.11 Å². The molecule has 1 heterocycles. The summed E-state index contributed by atoms with van der Waals surface area (Å²) in [5.41, 5.74) is 6.12. The molecule has 0 amide bonds. The lowest BCUT2D eigenvalue weighted by Crippen LogP contribution is -2.52. The zero-order valence-electron chi connectivity index (χ0n) is 11.7. The molecule has 17 heavy (non-hydrogen) atoms. The molecular formula is C13H29N3O. The summed E-state index contributed by atoms with van der Waals surface area (Å²) in [4.78, 5) is 2.55. The van der Waals surface area contributed by atoms with Crippen LogP contribution in [0.25, 0.3) is 0 Å². The van der Waals surface area contributed by atoms with Crippen LogP contribution in [-0.4, -0.2) is 56.4 Å². The summed E-state index contributed by atoms with van der Waals surface area (Å²) in [6, 6.07) is 0.641. The minimum Gasteiger partial charge on any atom is -0.383 e. The van der Waals surface area contributed by atoms with Crippen molar-refractivity contribution in [2.45, 2.75) is 44.7 Å². The molecule has 1 unspecified atom stereocenters. The van der Waals surface area contributed by atoms with Crippen LogP contribution in [0.15, 0.2) is 0 Å². The van der Waals surface area contributed by atoms with Crippen LogP contribution in [0.1, 0.15) is 33.1 Å². The largest absolute Gasteiger partial charge is 0.383 e. The number of hydrogen-bond donors (Lipinski definition) is 2. The van der Waals surface area contributed by atoms with Crippen LogP contribution in [0.3, 0.4) is 0 Å². The minimum atomic E-state index is 0.127. The lowest BCUT2D eigenvalue weighted by Gasteiger charge is -2.33. The summed E-state index contributed by atoms with van der Waals surface area (Å²) in [6.45, 7) is 9.27. The van der Waals surface area contributed by atoms with Gasteiger partial charge in [-0.2, -0.15) is 0 Å². The van der Waals surface area contributed by atoms with E-state index >= 15 is 0 Å². The molecule has 1 aliphatic rings. The van der Waals surface area contributed by atoms with Gasteiger partial charge in [-0.25, -0.2) is 0 Å². The predicted octanol–water partition coefficient (Wildman–Crippen LogP) is 0.814. The first-order chi connectivity index (χ1) is 8.13. The van der Waals surface area contributed by atoms with Crippen molar-refractivity contribution in [3.63, 3.8) is 0 Å². The van der Waals surface area contributed by atoms with Gasteiger partial charge >= 0.3 is 0 Å². The second kappa shape index (κ2) is 7.31. The Hall–Kier alpha value is -0.160. The Morgan fingerprint density at radius 3 is 2.71 bits per heavy atom. The van der Waals surface area contributed by atoms with Gasteiger partial charge in [0.15, 0.2) is 0 Å². The lowest BCUT2D eigenvalue weighted by atomic mass is 9.90. The van der Waals surface area contributed by atoms with Crippen LogP contribution in [0.2, 0.25) is 0 Å². The van der Waals surface area contributed by atoms with Crippen LogP contribution in [0.5, 0.6) is 0 Å². The Morgan fingerprint density at radius 2 is 2.12 bits per heavy atom. The first kappa shape index (κ1) is 14.9. The van der Waals surface area contributed by atoms with Crippen molar-refractivity contribution < 1.29 is 4.74 Å². The Balaban J connectivity index is 2.49. The Labute approximate surface area is 106 Å². The predicted molar refractivity (Wildman–Crippen MR) is 72.2 cm³/mol. The standard InChI is InChI=1S/C13H29N3O/c1-12(2)16-8-4-5-13(11-14,6-9-16)15-7-10-17-3/h12,15H,4-11,14H2,1-3H3. The Bertz CT molecular complexity index is 211. The lowest BCUT2D eigenvalue weighted by molar-refractivity contribution is 0.176. The van der Waals surface area contributed by atoms with Gasteiger partial charge in [0.1, 0.15) is 0 Å². The van der Waals surface area contributed by atoms with Gasteiger partial charge in [-0.05, 0) is 39.7 Å². The van der Waals surface area contributed by atoms with Gasteiger partial charge in [-0.1, -0.05) is 0 Å². The van der Waals surface area contributed by atoms with Gasteiger partial charge < -0.3 is 20.7 Å². The van der Waals surface area contributed by atoms with Crippen LogP contribution < -0.4 is 11.1 Å². The first-order valence-electron chi connectivity index (χ1n) is 6.81. The molecule has 1 saturated heterocycles. The summed E-state index contributed by atoms with van der Waals surface area (Å²) in [5.74, 6) is 0. The van der Waals surface area contributed by atoms with Crippen LogP contribution in [0, 0.1) is 0 Å². The highest BCUT2D eigenvalue weighted by Crippen LogP contribution is 2.22. The van der Waals surface area contributed by atoms with Crippen molar-refractivity contribution in [3.05, 3.63) is 0 Å². The van der Waals surface area contributed by atoms with E-state index in [4.69, 9.17) is 10.5 Å². The second-order valence-electron chi connectivity index (χ2n) is 5.39. The van der Waals surface area contributed by atoms with E-state index in [9.17, 15) is 0 Å². The van der Waals surface area contributed by atoms with Gasteiger partial charge in [0.25, 0.3) is 0 Å². The fourth-order valence-electron chi connectivity index (χ4n) is 2.60.